The standard InChI is InChI=1S/C21H22F3N3O/c22-17-10-14(11-18(23)20(17)24)12-26-8-1-2-16-13-27(9-5-19(16)26)21(28)15-3-6-25-7-4-15/h3-4,6-7,10-11,16,19H,1-2,5,8-9,12-13H2/t16-,19-/m0/s1. The van der Waals surface area contributed by atoms with Crippen molar-refractivity contribution in [3.8, 4) is 0 Å². The van der Waals surface area contributed by atoms with Gasteiger partial charge in [-0.2, -0.15) is 0 Å². The van der Waals surface area contributed by atoms with Crippen molar-refractivity contribution in [2.75, 3.05) is 19.6 Å². The molecule has 0 bridgehead atoms. The molecule has 3 heterocycles. The van der Waals surface area contributed by atoms with E-state index in [9.17, 15) is 18.0 Å². The quantitative estimate of drug-likeness (QED) is 0.753. The summed E-state index contributed by atoms with van der Waals surface area (Å²) in [6, 6.07) is 5.85. The summed E-state index contributed by atoms with van der Waals surface area (Å²) in [7, 11) is 0. The van der Waals surface area contributed by atoms with Gasteiger partial charge in [0.15, 0.2) is 17.5 Å². The van der Waals surface area contributed by atoms with Gasteiger partial charge in [0, 0.05) is 43.6 Å². The molecule has 28 heavy (non-hydrogen) atoms. The van der Waals surface area contributed by atoms with Crippen LogP contribution in [0.2, 0.25) is 0 Å². The molecule has 1 aromatic carbocycles. The van der Waals surface area contributed by atoms with Crippen LogP contribution in [0, 0.1) is 23.4 Å². The smallest absolute Gasteiger partial charge is 0.253 e. The number of benzene rings is 1. The Kier molecular flexibility index (Phi) is 5.35. The van der Waals surface area contributed by atoms with E-state index >= 15 is 0 Å². The number of rotatable bonds is 3. The molecule has 0 radical (unpaired) electrons. The lowest BCUT2D eigenvalue weighted by molar-refractivity contribution is 0.0174. The number of aromatic nitrogens is 1. The Hall–Kier alpha value is -2.41. The van der Waals surface area contributed by atoms with E-state index in [4.69, 9.17) is 0 Å². The number of hydrogen-bond donors (Lipinski definition) is 0. The number of nitrogens with zero attached hydrogens (tertiary/aromatic N) is 3. The molecule has 2 saturated heterocycles. The molecule has 2 aliphatic heterocycles. The lowest BCUT2D eigenvalue weighted by atomic mass is 9.83. The van der Waals surface area contributed by atoms with Gasteiger partial charge in [-0.25, -0.2) is 13.2 Å². The van der Waals surface area contributed by atoms with E-state index in [1.807, 2.05) is 4.90 Å². The van der Waals surface area contributed by atoms with Crippen LogP contribution in [0.5, 0.6) is 0 Å². The summed E-state index contributed by atoms with van der Waals surface area (Å²) >= 11 is 0. The van der Waals surface area contributed by atoms with Crippen molar-refractivity contribution in [1.82, 2.24) is 14.8 Å². The molecule has 0 N–H and O–H groups in total. The van der Waals surface area contributed by atoms with Crippen LogP contribution in [-0.2, 0) is 6.54 Å². The number of carbonyl (C=O) groups excluding carboxylic acids is 1. The highest BCUT2D eigenvalue weighted by Gasteiger charge is 2.37. The molecule has 4 nitrogen and oxygen atoms in total. The predicted octanol–water partition coefficient (Wildman–Crippen LogP) is 3.63. The Labute approximate surface area is 162 Å². The molecule has 0 unspecified atom stereocenters. The van der Waals surface area contributed by atoms with E-state index in [1.54, 1.807) is 24.5 Å². The molecule has 0 saturated carbocycles. The summed E-state index contributed by atoms with van der Waals surface area (Å²) in [5.74, 6) is -3.39. The first kappa shape index (κ1) is 18.9. The molecule has 2 atom stereocenters. The van der Waals surface area contributed by atoms with Crippen LogP contribution < -0.4 is 0 Å². The number of pyridine rings is 1. The highest BCUT2D eigenvalue weighted by Crippen LogP contribution is 2.32. The number of fused-ring (bicyclic) bond motifs is 1. The van der Waals surface area contributed by atoms with E-state index in [0.29, 0.717) is 36.7 Å². The van der Waals surface area contributed by atoms with Gasteiger partial charge in [-0.1, -0.05) is 0 Å². The summed E-state index contributed by atoms with van der Waals surface area (Å²) < 4.78 is 40.3. The summed E-state index contributed by atoms with van der Waals surface area (Å²) in [5, 5.41) is 0. The number of piperidine rings is 2. The Bertz CT molecular complexity index is 838. The lowest BCUT2D eigenvalue weighted by Gasteiger charge is -2.47. The molecule has 7 heteroatoms. The Balaban J connectivity index is 1.45. The summed E-state index contributed by atoms with van der Waals surface area (Å²) in [5.41, 5.74) is 1.07. The molecule has 2 fully saturated rings. The van der Waals surface area contributed by atoms with Crippen molar-refractivity contribution in [3.05, 3.63) is 65.2 Å². The summed E-state index contributed by atoms with van der Waals surface area (Å²) in [6.07, 6.45) is 6.03. The normalized spacial score (nSPS) is 22.8. The van der Waals surface area contributed by atoms with Crippen molar-refractivity contribution < 1.29 is 18.0 Å². The van der Waals surface area contributed by atoms with Crippen molar-refractivity contribution in [1.29, 1.82) is 0 Å². The minimum atomic E-state index is -1.43. The minimum Gasteiger partial charge on any atom is -0.338 e. The van der Waals surface area contributed by atoms with Crippen LogP contribution in [0.4, 0.5) is 13.2 Å². The number of halogens is 3. The second kappa shape index (κ2) is 7.91. The van der Waals surface area contributed by atoms with Gasteiger partial charge in [-0.05, 0) is 61.6 Å². The van der Waals surface area contributed by atoms with Crippen LogP contribution in [0.15, 0.2) is 36.7 Å². The Morgan fingerprint density at radius 2 is 1.79 bits per heavy atom. The zero-order chi connectivity index (χ0) is 19.7. The molecule has 1 amide bonds. The van der Waals surface area contributed by atoms with Gasteiger partial charge in [0.2, 0.25) is 0 Å². The van der Waals surface area contributed by atoms with E-state index in [0.717, 1.165) is 37.9 Å². The third-order valence-electron chi connectivity index (χ3n) is 5.83. The molecular formula is C21H22F3N3O. The monoisotopic (exact) mass is 389 g/mol. The molecular weight excluding hydrogens is 367 g/mol. The summed E-state index contributed by atoms with van der Waals surface area (Å²) in [6.45, 7) is 2.53. The van der Waals surface area contributed by atoms with Gasteiger partial charge < -0.3 is 4.90 Å². The molecule has 0 aliphatic carbocycles. The molecule has 2 aromatic rings. The maximum atomic E-state index is 13.5. The van der Waals surface area contributed by atoms with Gasteiger partial charge >= 0.3 is 0 Å². The van der Waals surface area contributed by atoms with E-state index in [-0.39, 0.29) is 11.9 Å². The molecule has 0 spiro atoms. The predicted molar refractivity (Wildman–Crippen MR) is 98.0 cm³/mol. The fraction of sp³-hybridized carbons (Fsp3) is 0.429. The fourth-order valence-corrected chi connectivity index (χ4v) is 4.50. The second-order valence-corrected chi connectivity index (χ2v) is 7.59. The van der Waals surface area contributed by atoms with Crippen molar-refractivity contribution in [3.63, 3.8) is 0 Å². The number of hydrogen-bond acceptors (Lipinski definition) is 3. The molecule has 148 valence electrons. The zero-order valence-electron chi connectivity index (χ0n) is 15.5. The maximum absolute atomic E-state index is 13.5. The van der Waals surface area contributed by atoms with Gasteiger partial charge in [0.25, 0.3) is 5.91 Å². The van der Waals surface area contributed by atoms with Crippen molar-refractivity contribution >= 4 is 5.91 Å². The third-order valence-corrected chi connectivity index (χ3v) is 5.83. The molecule has 2 aliphatic rings. The lowest BCUT2D eigenvalue weighted by Crippen LogP contribution is -2.54. The van der Waals surface area contributed by atoms with Crippen LogP contribution in [-0.4, -0.2) is 46.4 Å². The first-order valence-electron chi connectivity index (χ1n) is 9.59. The first-order chi connectivity index (χ1) is 13.5. The SMILES string of the molecule is O=C(c1ccncc1)N1CC[C@H]2[C@@H](CCCN2Cc2cc(F)c(F)c(F)c2)C1. The number of amides is 1. The molecule has 4 rings (SSSR count). The van der Waals surface area contributed by atoms with Crippen LogP contribution in [0.3, 0.4) is 0 Å². The fourth-order valence-electron chi connectivity index (χ4n) is 4.50. The van der Waals surface area contributed by atoms with E-state index in [1.165, 1.54) is 0 Å². The van der Waals surface area contributed by atoms with E-state index < -0.39 is 17.5 Å². The highest BCUT2D eigenvalue weighted by molar-refractivity contribution is 5.94. The van der Waals surface area contributed by atoms with Crippen molar-refractivity contribution in [2.24, 2.45) is 5.92 Å². The van der Waals surface area contributed by atoms with Crippen LogP contribution >= 0.6 is 0 Å². The minimum absolute atomic E-state index is 0.0145. The van der Waals surface area contributed by atoms with Crippen LogP contribution in [0.25, 0.3) is 0 Å². The number of carbonyl (C=O) groups is 1. The zero-order valence-corrected chi connectivity index (χ0v) is 15.5. The Morgan fingerprint density at radius 1 is 1.07 bits per heavy atom. The Morgan fingerprint density at radius 3 is 2.50 bits per heavy atom. The van der Waals surface area contributed by atoms with Gasteiger partial charge in [0.05, 0.1) is 0 Å². The molecule has 1 aromatic heterocycles. The topological polar surface area (TPSA) is 36.4 Å². The first-order valence-corrected chi connectivity index (χ1v) is 9.59. The summed E-state index contributed by atoms with van der Waals surface area (Å²) in [4.78, 5) is 20.8. The van der Waals surface area contributed by atoms with Crippen molar-refractivity contribution in [2.45, 2.75) is 31.8 Å². The van der Waals surface area contributed by atoms with E-state index in [2.05, 4.69) is 9.88 Å². The second-order valence-electron chi connectivity index (χ2n) is 7.59. The average Bonchev–Trinajstić information content (AvgIpc) is 2.72. The number of likely N-dealkylation sites (tertiary alicyclic amines) is 2. The maximum Gasteiger partial charge on any atom is 0.253 e. The van der Waals surface area contributed by atoms with Gasteiger partial charge in [0.1, 0.15) is 0 Å². The average molecular weight is 389 g/mol. The van der Waals surface area contributed by atoms with Crippen LogP contribution in [0.1, 0.15) is 35.2 Å². The highest BCUT2D eigenvalue weighted by atomic mass is 19.2. The van der Waals surface area contributed by atoms with Gasteiger partial charge in [-0.15, -0.1) is 0 Å². The van der Waals surface area contributed by atoms with Gasteiger partial charge in [-0.3, -0.25) is 14.7 Å². The third kappa shape index (κ3) is 3.76. The largest absolute Gasteiger partial charge is 0.338 e.